The molecule has 114 valence electrons. The third kappa shape index (κ3) is 3.74. The average Bonchev–Trinajstić information content (AvgIpc) is 3.05. The van der Waals surface area contributed by atoms with E-state index in [2.05, 4.69) is 20.5 Å². The average molecular weight is 325 g/mol. The Balaban J connectivity index is 1.68. The molecular weight excluding hydrogens is 314 g/mol. The van der Waals surface area contributed by atoms with Crippen molar-refractivity contribution in [2.75, 3.05) is 5.43 Å². The van der Waals surface area contributed by atoms with Gasteiger partial charge in [0.1, 0.15) is 0 Å². The molecule has 7 nitrogen and oxygen atoms in total. The number of hydrogen-bond donors (Lipinski definition) is 1. The first-order valence-corrected chi connectivity index (χ1v) is 7.50. The van der Waals surface area contributed by atoms with E-state index in [0.717, 1.165) is 16.8 Å². The van der Waals surface area contributed by atoms with E-state index in [-0.39, 0.29) is 5.69 Å². The fourth-order valence-electron chi connectivity index (χ4n) is 1.82. The van der Waals surface area contributed by atoms with Crippen LogP contribution in [0, 0.1) is 10.1 Å². The molecule has 3 rings (SSSR count). The van der Waals surface area contributed by atoms with E-state index in [9.17, 15) is 10.1 Å². The molecule has 0 aliphatic rings. The lowest BCUT2D eigenvalue weighted by Crippen LogP contribution is -1.90. The third-order valence-electron chi connectivity index (χ3n) is 2.96. The number of nitro groups is 1. The second kappa shape index (κ2) is 6.75. The molecule has 0 atom stereocenters. The fourth-order valence-corrected chi connectivity index (χ4v) is 2.49. The summed E-state index contributed by atoms with van der Waals surface area (Å²) < 4.78 is 0. The molecule has 0 fully saturated rings. The van der Waals surface area contributed by atoms with Crippen molar-refractivity contribution in [3.63, 3.8) is 0 Å². The quantitative estimate of drug-likeness (QED) is 0.440. The van der Waals surface area contributed by atoms with Gasteiger partial charge in [0.15, 0.2) is 0 Å². The first-order chi connectivity index (χ1) is 11.2. The minimum absolute atomic E-state index is 0.0595. The Morgan fingerprint density at radius 1 is 1.17 bits per heavy atom. The van der Waals surface area contributed by atoms with Crippen LogP contribution in [0.15, 0.2) is 59.3 Å². The monoisotopic (exact) mass is 325 g/mol. The molecule has 3 aromatic rings. The molecule has 0 saturated carbocycles. The largest absolute Gasteiger partial charge is 0.269 e. The Morgan fingerprint density at radius 2 is 1.91 bits per heavy atom. The van der Waals surface area contributed by atoms with Crippen molar-refractivity contribution < 1.29 is 4.92 Å². The second-order valence-corrected chi connectivity index (χ2v) is 5.35. The maximum Gasteiger partial charge on any atom is 0.269 e. The molecule has 0 amide bonds. The number of nitrogens with one attached hydrogen (secondary N) is 1. The van der Waals surface area contributed by atoms with Crippen molar-refractivity contribution in [2.24, 2.45) is 5.10 Å². The number of nitro benzene ring substituents is 1. The molecule has 2 aromatic heterocycles. The van der Waals surface area contributed by atoms with Crippen LogP contribution in [-0.2, 0) is 0 Å². The van der Waals surface area contributed by atoms with Gasteiger partial charge in [0, 0.05) is 35.5 Å². The van der Waals surface area contributed by atoms with Gasteiger partial charge in [-0.3, -0.25) is 20.5 Å². The van der Waals surface area contributed by atoms with Crippen molar-refractivity contribution in [3.05, 3.63) is 69.8 Å². The van der Waals surface area contributed by atoms with Gasteiger partial charge < -0.3 is 0 Å². The number of rotatable bonds is 5. The van der Waals surface area contributed by atoms with Crippen LogP contribution in [0.25, 0.3) is 11.3 Å². The Labute approximate surface area is 135 Å². The van der Waals surface area contributed by atoms with Crippen molar-refractivity contribution in [2.45, 2.75) is 0 Å². The van der Waals surface area contributed by atoms with E-state index in [1.807, 2.05) is 17.5 Å². The number of thiazole rings is 1. The van der Waals surface area contributed by atoms with Crippen LogP contribution < -0.4 is 5.43 Å². The third-order valence-corrected chi connectivity index (χ3v) is 3.70. The van der Waals surface area contributed by atoms with Crippen LogP contribution in [0.1, 0.15) is 5.56 Å². The molecule has 0 aliphatic heterocycles. The first-order valence-electron chi connectivity index (χ1n) is 6.62. The predicted octanol–water partition coefficient (Wildman–Crippen LogP) is 3.56. The topological polar surface area (TPSA) is 93.3 Å². The van der Waals surface area contributed by atoms with Crippen molar-refractivity contribution in [3.8, 4) is 11.3 Å². The summed E-state index contributed by atoms with van der Waals surface area (Å²) in [6, 6.07) is 9.96. The first kappa shape index (κ1) is 14.8. The Bertz CT molecular complexity index is 831. The number of aromatic nitrogens is 2. The number of anilines is 1. The van der Waals surface area contributed by atoms with Crippen molar-refractivity contribution in [1.82, 2.24) is 9.97 Å². The van der Waals surface area contributed by atoms with E-state index < -0.39 is 4.92 Å². The number of hydrogen-bond acceptors (Lipinski definition) is 7. The zero-order chi connectivity index (χ0) is 16.1. The minimum atomic E-state index is -0.425. The highest BCUT2D eigenvalue weighted by Gasteiger charge is 2.07. The number of non-ortho nitro benzene ring substituents is 1. The Kier molecular flexibility index (Phi) is 4.34. The van der Waals surface area contributed by atoms with Gasteiger partial charge in [0.2, 0.25) is 5.13 Å². The van der Waals surface area contributed by atoms with Crippen LogP contribution >= 0.6 is 11.3 Å². The smallest absolute Gasteiger partial charge is 0.265 e. The van der Waals surface area contributed by atoms with E-state index >= 15 is 0 Å². The van der Waals surface area contributed by atoms with Crippen molar-refractivity contribution in [1.29, 1.82) is 0 Å². The van der Waals surface area contributed by atoms with Crippen molar-refractivity contribution >= 4 is 28.4 Å². The predicted molar refractivity (Wildman–Crippen MR) is 89.7 cm³/mol. The lowest BCUT2D eigenvalue weighted by atomic mass is 10.1. The molecular formula is C15H11N5O2S. The Morgan fingerprint density at radius 3 is 2.61 bits per heavy atom. The number of nitrogens with zero attached hydrogens (tertiary/aromatic N) is 4. The highest BCUT2D eigenvalue weighted by atomic mass is 32.1. The van der Waals surface area contributed by atoms with Gasteiger partial charge in [-0.15, -0.1) is 11.3 Å². The SMILES string of the molecule is O=[N+]([O-])c1ccc(-c2csc(N/N=C\c3ccncc3)n2)cc1. The van der Waals surface area contributed by atoms with Gasteiger partial charge >= 0.3 is 0 Å². The maximum atomic E-state index is 10.7. The number of pyridine rings is 1. The number of benzene rings is 1. The highest BCUT2D eigenvalue weighted by molar-refractivity contribution is 7.14. The van der Waals surface area contributed by atoms with E-state index in [1.165, 1.54) is 23.5 Å². The minimum Gasteiger partial charge on any atom is -0.265 e. The maximum absolute atomic E-state index is 10.7. The molecule has 0 aliphatic carbocycles. The van der Waals surface area contributed by atoms with Gasteiger partial charge in [-0.2, -0.15) is 5.10 Å². The van der Waals surface area contributed by atoms with E-state index in [4.69, 9.17) is 0 Å². The normalized spacial score (nSPS) is 10.8. The van der Waals surface area contributed by atoms with Crippen LogP contribution in [0.4, 0.5) is 10.8 Å². The summed E-state index contributed by atoms with van der Waals surface area (Å²) >= 11 is 1.41. The van der Waals surface area contributed by atoms with E-state index in [0.29, 0.717) is 5.13 Å². The summed E-state index contributed by atoms with van der Waals surface area (Å²) in [4.78, 5) is 18.6. The molecule has 2 heterocycles. The van der Waals surface area contributed by atoms with Crippen LogP contribution in [0.5, 0.6) is 0 Å². The Hall–Kier alpha value is -3.13. The fraction of sp³-hybridized carbons (Fsp3) is 0. The van der Waals surface area contributed by atoms with E-state index in [1.54, 1.807) is 30.7 Å². The summed E-state index contributed by atoms with van der Waals surface area (Å²) in [5, 5.41) is 17.3. The second-order valence-electron chi connectivity index (χ2n) is 4.49. The summed E-state index contributed by atoms with van der Waals surface area (Å²) in [5.41, 5.74) is 5.41. The lowest BCUT2D eigenvalue weighted by Gasteiger charge is -1.96. The standard InChI is InChI=1S/C15H11N5O2S/c21-20(22)13-3-1-12(2-4-13)14-10-23-15(18-14)19-17-9-11-5-7-16-8-6-11/h1-10H,(H,18,19)/b17-9-. The van der Waals surface area contributed by atoms with Crippen LogP contribution in [0.2, 0.25) is 0 Å². The molecule has 1 N–H and O–H groups in total. The van der Waals surface area contributed by atoms with Crippen LogP contribution in [0.3, 0.4) is 0 Å². The molecule has 23 heavy (non-hydrogen) atoms. The van der Waals surface area contributed by atoms with Gasteiger partial charge in [-0.25, -0.2) is 4.98 Å². The highest BCUT2D eigenvalue weighted by Crippen LogP contribution is 2.26. The molecule has 1 aromatic carbocycles. The zero-order valence-electron chi connectivity index (χ0n) is 11.8. The zero-order valence-corrected chi connectivity index (χ0v) is 12.6. The summed E-state index contributed by atoms with van der Waals surface area (Å²) in [6.45, 7) is 0. The molecule has 0 unspecified atom stereocenters. The summed E-state index contributed by atoms with van der Waals surface area (Å²) in [7, 11) is 0. The molecule has 0 bridgehead atoms. The molecule has 8 heteroatoms. The number of hydrazone groups is 1. The molecule has 0 spiro atoms. The van der Waals surface area contributed by atoms with Gasteiger partial charge in [0.25, 0.3) is 5.69 Å². The van der Waals surface area contributed by atoms with Gasteiger partial charge in [-0.1, -0.05) is 0 Å². The van der Waals surface area contributed by atoms with Gasteiger partial charge in [0.05, 0.1) is 16.8 Å². The summed E-state index contributed by atoms with van der Waals surface area (Å²) in [6.07, 6.45) is 5.06. The molecule has 0 radical (unpaired) electrons. The molecule has 0 saturated heterocycles. The summed E-state index contributed by atoms with van der Waals surface area (Å²) in [5.74, 6) is 0. The van der Waals surface area contributed by atoms with Gasteiger partial charge in [-0.05, 0) is 29.8 Å². The van der Waals surface area contributed by atoms with Crippen LogP contribution in [-0.4, -0.2) is 21.1 Å². The lowest BCUT2D eigenvalue weighted by molar-refractivity contribution is -0.384.